The van der Waals surface area contributed by atoms with Crippen LogP contribution in [-0.2, 0) is 11.3 Å². The topological polar surface area (TPSA) is 47.6 Å². The fourth-order valence-electron chi connectivity index (χ4n) is 2.47. The number of hydrogen-bond donors (Lipinski definition) is 1. The minimum Gasteiger partial charge on any atom is -0.484 e. The normalized spacial score (nSPS) is 10.3. The molecular weight excluding hydrogens is 345 g/mol. The van der Waals surface area contributed by atoms with Gasteiger partial charge in [-0.2, -0.15) is 0 Å². The summed E-state index contributed by atoms with van der Waals surface area (Å²) in [6.07, 6.45) is 0. The lowest BCUT2D eigenvalue weighted by atomic mass is 10.2. The van der Waals surface area contributed by atoms with E-state index in [1.54, 1.807) is 18.2 Å². The number of rotatable bonds is 7. The first-order valence-electron chi connectivity index (χ1n) is 8.57. The summed E-state index contributed by atoms with van der Waals surface area (Å²) >= 11 is 0. The number of para-hydroxylation sites is 1. The Bertz CT molecular complexity index is 909. The van der Waals surface area contributed by atoms with Gasteiger partial charge in [-0.3, -0.25) is 4.79 Å². The number of benzene rings is 3. The average molecular weight is 365 g/mol. The van der Waals surface area contributed by atoms with Gasteiger partial charge in [0.2, 0.25) is 0 Å². The molecule has 0 aliphatic heterocycles. The molecule has 4 nitrogen and oxygen atoms in total. The molecule has 1 amide bonds. The first-order valence-corrected chi connectivity index (χ1v) is 8.57. The minimum absolute atomic E-state index is 0.0450. The Hall–Kier alpha value is -3.34. The highest BCUT2D eigenvalue weighted by molar-refractivity contribution is 5.77. The van der Waals surface area contributed by atoms with E-state index in [-0.39, 0.29) is 18.3 Å². The van der Waals surface area contributed by atoms with Gasteiger partial charge < -0.3 is 14.8 Å². The summed E-state index contributed by atoms with van der Waals surface area (Å²) in [7, 11) is 0. The third kappa shape index (κ3) is 5.57. The van der Waals surface area contributed by atoms with Crippen molar-refractivity contribution in [3.8, 4) is 17.2 Å². The molecule has 1 N–H and O–H groups in total. The third-order valence-corrected chi connectivity index (χ3v) is 3.89. The predicted octanol–water partition coefficient (Wildman–Crippen LogP) is 4.62. The van der Waals surface area contributed by atoms with Gasteiger partial charge in [0.15, 0.2) is 6.61 Å². The van der Waals surface area contributed by atoms with Crippen LogP contribution in [-0.4, -0.2) is 12.5 Å². The average Bonchev–Trinajstić information content (AvgIpc) is 2.68. The second-order valence-corrected chi connectivity index (χ2v) is 6.03. The molecule has 0 unspecified atom stereocenters. The molecule has 5 heteroatoms. The number of amides is 1. The minimum atomic E-state index is -0.313. The van der Waals surface area contributed by atoms with E-state index in [1.807, 2.05) is 49.4 Å². The molecule has 0 aliphatic carbocycles. The quantitative estimate of drug-likeness (QED) is 0.664. The molecule has 0 aromatic heterocycles. The van der Waals surface area contributed by atoms with Gasteiger partial charge >= 0.3 is 0 Å². The summed E-state index contributed by atoms with van der Waals surface area (Å²) in [6, 6.07) is 20.7. The van der Waals surface area contributed by atoms with Crippen molar-refractivity contribution >= 4 is 5.91 Å². The maximum atomic E-state index is 13.0. The highest BCUT2D eigenvalue weighted by atomic mass is 19.1. The van der Waals surface area contributed by atoms with E-state index in [2.05, 4.69) is 5.32 Å². The number of aryl methyl sites for hydroxylation is 1. The van der Waals surface area contributed by atoms with Crippen molar-refractivity contribution < 1.29 is 18.7 Å². The van der Waals surface area contributed by atoms with Gasteiger partial charge in [-0.25, -0.2) is 4.39 Å². The van der Waals surface area contributed by atoms with Crippen LogP contribution in [0.25, 0.3) is 0 Å². The molecule has 27 heavy (non-hydrogen) atoms. The van der Waals surface area contributed by atoms with E-state index < -0.39 is 0 Å². The molecule has 0 atom stereocenters. The summed E-state index contributed by atoms with van der Waals surface area (Å²) in [4.78, 5) is 12.0. The summed E-state index contributed by atoms with van der Waals surface area (Å²) in [5, 5.41) is 2.82. The largest absolute Gasteiger partial charge is 0.484 e. The van der Waals surface area contributed by atoms with Crippen LogP contribution < -0.4 is 14.8 Å². The van der Waals surface area contributed by atoms with Crippen LogP contribution in [0.1, 0.15) is 11.1 Å². The zero-order valence-electron chi connectivity index (χ0n) is 14.9. The van der Waals surface area contributed by atoms with Crippen molar-refractivity contribution in [2.45, 2.75) is 13.5 Å². The zero-order chi connectivity index (χ0) is 19.1. The molecule has 0 fully saturated rings. The maximum absolute atomic E-state index is 13.0. The monoisotopic (exact) mass is 365 g/mol. The number of ether oxygens (including phenoxy) is 2. The highest BCUT2D eigenvalue weighted by Gasteiger charge is 2.05. The molecular formula is C22H20FNO3. The van der Waals surface area contributed by atoms with Crippen molar-refractivity contribution in [2.75, 3.05) is 6.61 Å². The van der Waals surface area contributed by atoms with E-state index in [1.165, 1.54) is 12.1 Å². The predicted molar refractivity (Wildman–Crippen MR) is 101 cm³/mol. The maximum Gasteiger partial charge on any atom is 0.258 e. The molecule has 0 saturated heterocycles. The van der Waals surface area contributed by atoms with Crippen LogP contribution in [0.4, 0.5) is 4.39 Å². The molecule has 138 valence electrons. The lowest BCUT2D eigenvalue weighted by Gasteiger charge is -2.10. The molecule has 0 aliphatic rings. The van der Waals surface area contributed by atoms with Crippen LogP contribution in [0.3, 0.4) is 0 Å². The van der Waals surface area contributed by atoms with Crippen LogP contribution in [0.5, 0.6) is 17.2 Å². The summed E-state index contributed by atoms with van der Waals surface area (Å²) in [5.41, 5.74) is 1.87. The van der Waals surface area contributed by atoms with Gasteiger partial charge in [-0.05, 0) is 60.5 Å². The Kier molecular flexibility index (Phi) is 6.05. The van der Waals surface area contributed by atoms with E-state index in [4.69, 9.17) is 9.47 Å². The molecule has 0 radical (unpaired) electrons. The summed E-state index contributed by atoms with van der Waals surface area (Å²) in [5.74, 6) is 1.34. The van der Waals surface area contributed by atoms with Crippen LogP contribution in [0.2, 0.25) is 0 Å². The SMILES string of the molecule is Cc1ccccc1OCC(=O)NCc1cccc(Oc2ccc(F)cc2)c1. The fraction of sp³-hybridized carbons (Fsp3) is 0.136. The molecule has 3 aromatic rings. The van der Waals surface area contributed by atoms with Gasteiger partial charge in [-0.1, -0.05) is 30.3 Å². The highest BCUT2D eigenvalue weighted by Crippen LogP contribution is 2.22. The van der Waals surface area contributed by atoms with Crippen molar-refractivity contribution in [2.24, 2.45) is 0 Å². The lowest BCUT2D eigenvalue weighted by molar-refractivity contribution is -0.123. The van der Waals surface area contributed by atoms with Crippen molar-refractivity contribution in [3.05, 3.63) is 89.7 Å². The van der Waals surface area contributed by atoms with Gasteiger partial charge in [0, 0.05) is 6.54 Å². The molecule has 0 bridgehead atoms. The summed E-state index contributed by atoms with van der Waals surface area (Å²) in [6.45, 7) is 2.24. The van der Waals surface area contributed by atoms with Crippen LogP contribution in [0, 0.1) is 12.7 Å². The molecule has 3 aromatic carbocycles. The van der Waals surface area contributed by atoms with Gasteiger partial charge in [-0.15, -0.1) is 0 Å². The first kappa shape index (κ1) is 18.5. The smallest absolute Gasteiger partial charge is 0.258 e. The van der Waals surface area contributed by atoms with Gasteiger partial charge in [0.25, 0.3) is 5.91 Å². The third-order valence-electron chi connectivity index (χ3n) is 3.89. The number of carbonyl (C=O) groups excluding carboxylic acids is 1. The number of carbonyl (C=O) groups is 1. The first-order chi connectivity index (χ1) is 13.1. The zero-order valence-corrected chi connectivity index (χ0v) is 14.9. The standard InChI is InChI=1S/C22H20FNO3/c1-16-5-2-3-8-21(16)26-15-22(25)24-14-17-6-4-7-20(13-17)27-19-11-9-18(23)10-12-19/h2-13H,14-15H2,1H3,(H,24,25). The van der Waals surface area contributed by atoms with Gasteiger partial charge in [0.05, 0.1) is 0 Å². The molecule has 0 saturated carbocycles. The number of halogens is 1. The fourth-order valence-corrected chi connectivity index (χ4v) is 2.47. The second-order valence-electron chi connectivity index (χ2n) is 6.03. The molecule has 0 spiro atoms. The van der Waals surface area contributed by atoms with Gasteiger partial charge in [0.1, 0.15) is 23.1 Å². The van der Waals surface area contributed by atoms with E-state index in [0.29, 0.717) is 23.8 Å². The Labute approximate surface area is 157 Å². The van der Waals surface area contributed by atoms with Crippen LogP contribution >= 0.6 is 0 Å². The molecule has 0 heterocycles. The Morgan fingerprint density at radius 3 is 2.52 bits per heavy atom. The Morgan fingerprint density at radius 1 is 0.963 bits per heavy atom. The molecule has 3 rings (SSSR count). The lowest BCUT2D eigenvalue weighted by Crippen LogP contribution is -2.28. The van der Waals surface area contributed by atoms with E-state index in [0.717, 1.165) is 11.1 Å². The second kappa shape index (κ2) is 8.85. The van der Waals surface area contributed by atoms with E-state index in [9.17, 15) is 9.18 Å². The summed E-state index contributed by atoms with van der Waals surface area (Å²) < 4.78 is 24.2. The Balaban J connectivity index is 1.51. The Morgan fingerprint density at radius 2 is 1.74 bits per heavy atom. The van der Waals surface area contributed by atoms with Crippen molar-refractivity contribution in [3.63, 3.8) is 0 Å². The van der Waals surface area contributed by atoms with Crippen molar-refractivity contribution in [1.82, 2.24) is 5.32 Å². The van der Waals surface area contributed by atoms with Crippen LogP contribution in [0.15, 0.2) is 72.8 Å². The van der Waals surface area contributed by atoms with E-state index >= 15 is 0 Å². The number of nitrogens with one attached hydrogen (secondary N) is 1. The number of hydrogen-bond acceptors (Lipinski definition) is 3. The van der Waals surface area contributed by atoms with Crippen molar-refractivity contribution in [1.29, 1.82) is 0 Å².